The Morgan fingerprint density at radius 3 is 1.31 bits per heavy atom. The molecule has 0 fully saturated rings. The molecule has 10 aromatic rings. The Morgan fingerprint density at radius 2 is 0.694 bits per heavy atom. The van der Waals surface area contributed by atoms with Crippen molar-refractivity contribution in [2.24, 2.45) is 0 Å². The number of fused-ring (bicyclic) bond motifs is 3. The molecule has 11 rings (SSSR count). The second-order valence-corrected chi connectivity index (χ2v) is 15.9. The fourth-order valence-corrected chi connectivity index (χ4v) is 9.43. The van der Waals surface area contributed by atoms with Gasteiger partial charge in [-0.25, -0.2) is 0 Å². The van der Waals surface area contributed by atoms with Crippen molar-refractivity contribution in [1.82, 2.24) is 0 Å². The molecule has 1 aliphatic carbocycles. The summed E-state index contributed by atoms with van der Waals surface area (Å²) >= 11 is 0. The van der Waals surface area contributed by atoms with E-state index in [-0.39, 0.29) is 0 Å². The lowest BCUT2D eigenvalue weighted by atomic mass is 9.78. The van der Waals surface area contributed by atoms with Crippen LogP contribution in [0.2, 0.25) is 0 Å². The highest BCUT2D eigenvalue weighted by Gasteiger charge is 2.23. The minimum Gasteiger partial charge on any atom is -0.0683 e. The Bertz CT molecular complexity index is 3200. The topological polar surface area (TPSA) is 0 Å². The predicted octanol–water partition coefficient (Wildman–Crippen LogP) is 17.6. The third kappa shape index (κ3) is 7.35. The summed E-state index contributed by atoms with van der Waals surface area (Å²) in [7, 11) is 0. The molecule has 0 heteroatoms. The second-order valence-electron chi connectivity index (χ2n) is 15.9. The molecule has 10 aromatic carbocycles. The van der Waals surface area contributed by atoms with Crippen LogP contribution in [0.1, 0.15) is 43.4 Å². The van der Waals surface area contributed by atoms with Crippen LogP contribution in [-0.4, -0.2) is 0 Å². The Balaban J connectivity index is 0.00000226. The van der Waals surface area contributed by atoms with Crippen LogP contribution in [0, 0.1) is 0 Å². The molecular weight excluding hydrogens is 745 g/mol. The number of hydrogen-bond donors (Lipinski definition) is 0. The lowest BCUT2D eigenvalue weighted by molar-refractivity contribution is 1.08. The average Bonchev–Trinajstić information content (AvgIpc) is 3.36. The molecule has 0 aromatic heterocycles. The summed E-state index contributed by atoms with van der Waals surface area (Å²) in [5.41, 5.74) is 17.9. The zero-order chi connectivity index (χ0) is 41.8. The van der Waals surface area contributed by atoms with Gasteiger partial charge in [0.15, 0.2) is 0 Å². The van der Waals surface area contributed by atoms with Crippen molar-refractivity contribution in [2.45, 2.75) is 26.7 Å². The third-order valence-corrected chi connectivity index (χ3v) is 12.4. The smallest absolute Gasteiger partial charge is 0.00233 e. The van der Waals surface area contributed by atoms with Gasteiger partial charge in [-0.3, -0.25) is 0 Å². The van der Waals surface area contributed by atoms with Crippen LogP contribution in [0.25, 0.3) is 93.5 Å². The van der Waals surface area contributed by atoms with E-state index in [9.17, 15) is 0 Å². The van der Waals surface area contributed by atoms with Crippen molar-refractivity contribution in [3.8, 4) is 44.5 Å². The van der Waals surface area contributed by atoms with Crippen molar-refractivity contribution in [3.63, 3.8) is 0 Å². The van der Waals surface area contributed by atoms with Gasteiger partial charge in [-0.2, -0.15) is 0 Å². The summed E-state index contributed by atoms with van der Waals surface area (Å²) < 4.78 is 0. The normalized spacial score (nSPS) is 12.6. The Hall–Kier alpha value is -7.54. The molecule has 0 nitrogen and oxygen atoms in total. The maximum atomic E-state index is 2.51. The van der Waals surface area contributed by atoms with E-state index in [1.165, 1.54) is 110 Å². The van der Waals surface area contributed by atoms with Crippen LogP contribution < -0.4 is 0 Å². The summed E-state index contributed by atoms with van der Waals surface area (Å²) in [5.74, 6) is 0. The van der Waals surface area contributed by atoms with Crippen LogP contribution in [0.4, 0.5) is 0 Å². The standard InChI is InChI=1S/C60H42.C2H6/c1-3-14-41(15-4-1)49-20-13-21-52(39-49)53-37-36-51(46-32-28-44(29-33-46)43-26-30-45(31-27-43)50-35-34-42-16-7-8-19-48(42)38-50)40-58(53)60-56-24-11-9-22-54(56)59(47-17-5-2-6-18-47)55-23-10-12-25-57(55)60;1-2/h1-35,38-40H,36-37H2;1-2H3. The van der Waals surface area contributed by atoms with E-state index < -0.39 is 0 Å². The first-order valence-corrected chi connectivity index (χ1v) is 22.0. The highest BCUT2D eigenvalue weighted by Crippen LogP contribution is 2.48. The van der Waals surface area contributed by atoms with Gasteiger partial charge in [0.05, 0.1) is 0 Å². The molecule has 0 saturated heterocycles. The zero-order valence-corrected chi connectivity index (χ0v) is 35.4. The molecule has 0 saturated carbocycles. The van der Waals surface area contributed by atoms with Crippen molar-refractivity contribution >= 4 is 49.0 Å². The maximum Gasteiger partial charge on any atom is -0.00233 e. The van der Waals surface area contributed by atoms with E-state index in [0.29, 0.717) is 0 Å². The Labute approximate surface area is 365 Å². The van der Waals surface area contributed by atoms with E-state index in [0.717, 1.165) is 12.8 Å². The van der Waals surface area contributed by atoms with Crippen molar-refractivity contribution in [1.29, 1.82) is 0 Å². The summed E-state index contributed by atoms with van der Waals surface area (Å²) in [5, 5.41) is 7.65. The van der Waals surface area contributed by atoms with Gasteiger partial charge in [-0.05, 0) is 135 Å². The van der Waals surface area contributed by atoms with Gasteiger partial charge in [0, 0.05) is 0 Å². The first kappa shape index (κ1) is 38.6. The lowest BCUT2D eigenvalue weighted by Gasteiger charge is -2.25. The van der Waals surface area contributed by atoms with Crippen molar-refractivity contribution in [3.05, 3.63) is 247 Å². The molecule has 0 heterocycles. The van der Waals surface area contributed by atoms with Crippen LogP contribution in [0.15, 0.2) is 231 Å². The van der Waals surface area contributed by atoms with E-state index in [4.69, 9.17) is 0 Å². The van der Waals surface area contributed by atoms with E-state index in [1.54, 1.807) is 0 Å². The SMILES string of the molecule is C1=C(c2ccc(-c3ccc(-c4ccc5ccccc5c4)cc3)cc2)CCC(c2cccc(-c3ccccc3)c2)=C1c1c2ccccc2c(-c2ccccc2)c2ccccc12.CC. The van der Waals surface area contributed by atoms with E-state index in [2.05, 4.69) is 231 Å². The Morgan fingerprint density at radius 1 is 0.274 bits per heavy atom. The minimum atomic E-state index is 0.945. The fourth-order valence-electron chi connectivity index (χ4n) is 9.43. The van der Waals surface area contributed by atoms with Crippen LogP contribution in [0.3, 0.4) is 0 Å². The second kappa shape index (κ2) is 17.2. The molecule has 0 N–H and O–H groups in total. The van der Waals surface area contributed by atoms with Gasteiger partial charge in [-0.1, -0.05) is 232 Å². The molecule has 0 bridgehead atoms. The summed E-state index contributed by atoms with van der Waals surface area (Å²) in [6.45, 7) is 4.00. The van der Waals surface area contributed by atoms with E-state index >= 15 is 0 Å². The quantitative estimate of drug-likeness (QED) is 0.141. The number of benzene rings is 10. The molecule has 0 amide bonds. The molecule has 0 unspecified atom stereocenters. The number of rotatable bonds is 7. The monoisotopic (exact) mass is 792 g/mol. The van der Waals surface area contributed by atoms with Gasteiger partial charge in [0.25, 0.3) is 0 Å². The molecule has 62 heavy (non-hydrogen) atoms. The van der Waals surface area contributed by atoms with Gasteiger partial charge in [0.2, 0.25) is 0 Å². The predicted molar refractivity (Wildman–Crippen MR) is 269 cm³/mol. The van der Waals surface area contributed by atoms with Gasteiger partial charge in [-0.15, -0.1) is 0 Å². The van der Waals surface area contributed by atoms with Gasteiger partial charge >= 0.3 is 0 Å². The van der Waals surface area contributed by atoms with Crippen molar-refractivity contribution < 1.29 is 0 Å². The van der Waals surface area contributed by atoms with Gasteiger partial charge in [0.1, 0.15) is 0 Å². The molecular formula is C62H48. The minimum absolute atomic E-state index is 0.945. The Kier molecular flexibility index (Phi) is 10.7. The van der Waals surface area contributed by atoms with Crippen molar-refractivity contribution in [2.75, 3.05) is 0 Å². The molecule has 0 aliphatic heterocycles. The maximum absolute atomic E-state index is 2.51. The van der Waals surface area contributed by atoms with Crippen LogP contribution in [-0.2, 0) is 0 Å². The summed E-state index contributed by atoms with van der Waals surface area (Å²) in [4.78, 5) is 0. The third-order valence-electron chi connectivity index (χ3n) is 12.4. The zero-order valence-electron chi connectivity index (χ0n) is 35.4. The molecule has 0 radical (unpaired) electrons. The highest BCUT2D eigenvalue weighted by molar-refractivity contribution is 6.22. The summed E-state index contributed by atoms with van der Waals surface area (Å²) in [6.07, 6.45) is 4.42. The number of allylic oxidation sites excluding steroid dienone is 4. The molecule has 0 spiro atoms. The van der Waals surface area contributed by atoms with Gasteiger partial charge < -0.3 is 0 Å². The molecule has 0 atom stereocenters. The fraction of sp³-hybridized carbons (Fsp3) is 0.0645. The van der Waals surface area contributed by atoms with Crippen LogP contribution >= 0.6 is 0 Å². The average molecular weight is 793 g/mol. The van der Waals surface area contributed by atoms with Crippen LogP contribution in [0.5, 0.6) is 0 Å². The first-order valence-electron chi connectivity index (χ1n) is 22.0. The first-order chi connectivity index (χ1) is 30.7. The summed E-state index contributed by atoms with van der Waals surface area (Å²) in [6, 6.07) is 82.4. The number of hydrogen-bond acceptors (Lipinski definition) is 0. The molecule has 1 aliphatic rings. The lowest BCUT2D eigenvalue weighted by Crippen LogP contribution is -2.02. The molecule has 296 valence electrons. The van der Waals surface area contributed by atoms with E-state index in [1.807, 2.05) is 13.8 Å². The highest BCUT2D eigenvalue weighted by atomic mass is 14.3. The largest absolute Gasteiger partial charge is 0.0683 e.